The summed E-state index contributed by atoms with van der Waals surface area (Å²) in [6.45, 7) is 8.81. The molecule has 7 heteroatoms. The summed E-state index contributed by atoms with van der Waals surface area (Å²) in [6.07, 6.45) is 7.62. The van der Waals surface area contributed by atoms with E-state index in [1.54, 1.807) is 5.38 Å². The molecular formula is C19H27N5OS. The monoisotopic (exact) mass is 373 g/mol. The zero-order valence-electron chi connectivity index (χ0n) is 16.0. The molecule has 0 saturated carbocycles. The lowest BCUT2D eigenvalue weighted by Crippen LogP contribution is -2.44. The van der Waals surface area contributed by atoms with Crippen LogP contribution >= 0.6 is 11.5 Å². The summed E-state index contributed by atoms with van der Waals surface area (Å²) in [7, 11) is 2.13. The minimum atomic E-state index is 0.0330. The van der Waals surface area contributed by atoms with E-state index in [4.69, 9.17) is 0 Å². The molecule has 0 radical (unpaired) electrons. The Morgan fingerprint density at radius 2 is 2.15 bits per heavy atom. The van der Waals surface area contributed by atoms with Gasteiger partial charge in [-0.2, -0.15) is 0 Å². The van der Waals surface area contributed by atoms with E-state index in [1.807, 2.05) is 4.90 Å². The maximum absolute atomic E-state index is 12.8. The second kappa shape index (κ2) is 6.37. The van der Waals surface area contributed by atoms with Crippen LogP contribution in [-0.2, 0) is 0 Å². The fraction of sp³-hybridized carbons (Fsp3) is 0.632. The van der Waals surface area contributed by atoms with Gasteiger partial charge in [-0.3, -0.25) is 4.79 Å². The Morgan fingerprint density at radius 1 is 1.35 bits per heavy atom. The van der Waals surface area contributed by atoms with E-state index in [9.17, 15) is 4.79 Å². The first kappa shape index (κ1) is 17.5. The lowest BCUT2D eigenvalue weighted by atomic mass is 9.94. The Labute approximate surface area is 159 Å². The third-order valence-corrected chi connectivity index (χ3v) is 5.79. The first-order valence-corrected chi connectivity index (χ1v) is 10.1. The van der Waals surface area contributed by atoms with Crippen molar-refractivity contribution in [1.29, 1.82) is 0 Å². The molecule has 1 aromatic heterocycles. The van der Waals surface area contributed by atoms with Crippen molar-refractivity contribution >= 4 is 17.4 Å². The predicted octanol–water partition coefficient (Wildman–Crippen LogP) is 2.93. The average molecular weight is 374 g/mol. The van der Waals surface area contributed by atoms with Gasteiger partial charge in [-0.05, 0) is 41.8 Å². The lowest BCUT2D eigenvalue weighted by molar-refractivity contribution is 0.0678. The van der Waals surface area contributed by atoms with Gasteiger partial charge in [-0.15, -0.1) is 5.10 Å². The topological polar surface area (TPSA) is 52.6 Å². The third kappa shape index (κ3) is 3.24. The van der Waals surface area contributed by atoms with E-state index in [1.165, 1.54) is 22.8 Å². The van der Waals surface area contributed by atoms with E-state index < -0.39 is 0 Å². The van der Waals surface area contributed by atoms with Gasteiger partial charge in [0.1, 0.15) is 0 Å². The van der Waals surface area contributed by atoms with Crippen LogP contribution in [0.15, 0.2) is 28.9 Å². The molecule has 140 valence electrons. The van der Waals surface area contributed by atoms with Gasteiger partial charge in [0.2, 0.25) is 0 Å². The number of hydrogen-bond acceptors (Lipinski definition) is 6. The molecular weight excluding hydrogens is 346 g/mol. The average Bonchev–Trinajstić information content (AvgIpc) is 3.25. The van der Waals surface area contributed by atoms with Crippen molar-refractivity contribution in [2.24, 2.45) is 5.41 Å². The maximum Gasteiger partial charge on any atom is 0.276 e. The van der Waals surface area contributed by atoms with Gasteiger partial charge in [-0.1, -0.05) is 31.3 Å². The summed E-state index contributed by atoms with van der Waals surface area (Å²) in [6, 6.07) is 0.457. The molecule has 0 aliphatic carbocycles. The first-order chi connectivity index (χ1) is 12.3. The number of amides is 1. The lowest BCUT2D eigenvalue weighted by Gasteiger charge is -2.36. The van der Waals surface area contributed by atoms with Gasteiger partial charge in [-0.25, -0.2) is 0 Å². The number of fused-ring (bicyclic) bond motifs is 2. The number of carbonyl (C=O) groups is 1. The predicted molar refractivity (Wildman–Crippen MR) is 102 cm³/mol. The molecule has 1 saturated heterocycles. The normalized spacial score (nSPS) is 25.6. The number of carbonyl (C=O) groups excluding carboxylic acids is 1. The quantitative estimate of drug-likeness (QED) is 0.815. The minimum absolute atomic E-state index is 0.0330. The minimum Gasteiger partial charge on any atom is -0.361 e. The van der Waals surface area contributed by atoms with E-state index >= 15 is 0 Å². The smallest absolute Gasteiger partial charge is 0.276 e. The van der Waals surface area contributed by atoms with Crippen molar-refractivity contribution in [3.63, 3.8) is 0 Å². The van der Waals surface area contributed by atoms with Crippen LogP contribution in [0.4, 0.5) is 0 Å². The number of aromatic nitrogens is 2. The zero-order valence-corrected chi connectivity index (χ0v) is 16.8. The molecule has 0 aromatic carbocycles. The van der Waals surface area contributed by atoms with Crippen molar-refractivity contribution in [1.82, 2.24) is 24.3 Å². The van der Waals surface area contributed by atoms with Crippen LogP contribution in [0.25, 0.3) is 0 Å². The molecule has 2 unspecified atom stereocenters. The molecule has 4 rings (SSSR count). The standard InChI is InChI=1S/C19H27N5OS/c1-19(2,3)11-23-12-22(4)9-17(23)13-7-14-5-6-15(8-13)24(14)18(25)16-10-26-21-20-16/h7,9-10,14-15H,5-6,8,11-12H2,1-4H3. The highest BCUT2D eigenvalue weighted by Gasteiger charge is 2.42. The van der Waals surface area contributed by atoms with Crippen molar-refractivity contribution in [3.05, 3.63) is 34.6 Å². The molecule has 2 atom stereocenters. The summed E-state index contributed by atoms with van der Waals surface area (Å²) in [5, 5.41) is 5.73. The van der Waals surface area contributed by atoms with Crippen LogP contribution in [0.3, 0.4) is 0 Å². The SMILES string of the molecule is CN1C=C(C2=CC3CCC(C2)N3C(=O)c2csnn2)N(CC(C)(C)C)C1. The van der Waals surface area contributed by atoms with Crippen LogP contribution in [0.5, 0.6) is 0 Å². The Hall–Kier alpha value is -1.89. The fourth-order valence-electron chi connectivity index (χ4n) is 4.40. The van der Waals surface area contributed by atoms with E-state index in [2.05, 4.69) is 59.5 Å². The molecule has 4 heterocycles. The van der Waals surface area contributed by atoms with E-state index in [-0.39, 0.29) is 23.4 Å². The summed E-state index contributed by atoms with van der Waals surface area (Å²) in [5.74, 6) is 0.0330. The Kier molecular flexibility index (Phi) is 4.29. The van der Waals surface area contributed by atoms with Crippen LogP contribution in [0.1, 0.15) is 50.5 Å². The highest BCUT2D eigenvalue weighted by atomic mass is 32.1. The number of allylic oxidation sites excluding steroid dienone is 1. The summed E-state index contributed by atoms with van der Waals surface area (Å²) in [5.41, 5.74) is 3.46. The second-order valence-electron chi connectivity index (χ2n) is 8.87. The van der Waals surface area contributed by atoms with Crippen molar-refractivity contribution < 1.29 is 4.79 Å². The first-order valence-electron chi connectivity index (χ1n) is 9.29. The van der Waals surface area contributed by atoms with Gasteiger partial charge in [0, 0.05) is 31.2 Å². The van der Waals surface area contributed by atoms with Crippen LogP contribution in [-0.4, -0.2) is 62.5 Å². The summed E-state index contributed by atoms with van der Waals surface area (Å²) < 4.78 is 3.85. The zero-order chi connectivity index (χ0) is 18.5. The van der Waals surface area contributed by atoms with E-state index in [0.29, 0.717) is 5.69 Å². The molecule has 0 N–H and O–H groups in total. The fourth-order valence-corrected chi connectivity index (χ4v) is 4.83. The van der Waals surface area contributed by atoms with Crippen molar-refractivity contribution in [2.45, 2.75) is 52.1 Å². The molecule has 1 amide bonds. The molecule has 26 heavy (non-hydrogen) atoms. The number of rotatable bonds is 3. The maximum atomic E-state index is 12.8. The largest absolute Gasteiger partial charge is 0.361 e. The highest BCUT2D eigenvalue weighted by Crippen LogP contribution is 2.40. The summed E-state index contributed by atoms with van der Waals surface area (Å²) in [4.78, 5) is 19.6. The molecule has 3 aliphatic heterocycles. The molecule has 1 fully saturated rings. The highest BCUT2D eigenvalue weighted by molar-refractivity contribution is 7.03. The van der Waals surface area contributed by atoms with Gasteiger partial charge >= 0.3 is 0 Å². The van der Waals surface area contributed by atoms with Gasteiger partial charge in [0.25, 0.3) is 5.91 Å². The molecule has 6 nitrogen and oxygen atoms in total. The van der Waals surface area contributed by atoms with Crippen molar-refractivity contribution in [2.75, 3.05) is 20.3 Å². The van der Waals surface area contributed by atoms with Crippen LogP contribution in [0, 0.1) is 5.41 Å². The second-order valence-corrected chi connectivity index (χ2v) is 9.48. The third-order valence-electron chi connectivity index (χ3n) is 5.28. The molecule has 3 aliphatic rings. The molecule has 2 bridgehead atoms. The Balaban J connectivity index is 1.57. The number of hydrogen-bond donors (Lipinski definition) is 0. The molecule has 1 aromatic rings. The Bertz CT molecular complexity index is 748. The molecule has 0 spiro atoms. The van der Waals surface area contributed by atoms with Gasteiger partial charge in [0.15, 0.2) is 5.69 Å². The van der Waals surface area contributed by atoms with Gasteiger partial charge < -0.3 is 14.7 Å². The van der Waals surface area contributed by atoms with Crippen LogP contribution < -0.4 is 0 Å². The van der Waals surface area contributed by atoms with Crippen molar-refractivity contribution in [3.8, 4) is 0 Å². The summed E-state index contributed by atoms with van der Waals surface area (Å²) >= 11 is 1.24. The number of nitrogens with zero attached hydrogens (tertiary/aromatic N) is 5. The van der Waals surface area contributed by atoms with Gasteiger partial charge in [0.05, 0.1) is 18.4 Å². The Morgan fingerprint density at radius 3 is 2.81 bits per heavy atom. The van der Waals surface area contributed by atoms with Crippen LogP contribution in [0.2, 0.25) is 0 Å². The van der Waals surface area contributed by atoms with E-state index in [0.717, 1.165) is 32.5 Å².